The van der Waals surface area contributed by atoms with Crippen LogP contribution in [0.2, 0.25) is 0 Å². The van der Waals surface area contributed by atoms with E-state index in [0.29, 0.717) is 12.1 Å². The van der Waals surface area contributed by atoms with Crippen LogP contribution in [-0.4, -0.2) is 50.0 Å². The maximum atomic E-state index is 13.3. The fourth-order valence-corrected chi connectivity index (χ4v) is 4.95. The van der Waals surface area contributed by atoms with E-state index in [-0.39, 0.29) is 37.4 Å². The van der Waals surface area contributed by atoms with Gasteiger partial charge in [0.25, 0.3) is 0 Å². The van der Waals surface area contributed by atoms with E-state index in [1.807, 2.05) is 57.2 Å². The van der Waals surface area contributed by atoms with Crippen LogP contribution >= 0.6 is 15.9 Å². The Morgan fingerprint density at radius 2 is 1.69 bits per heavy atom. The third-order valence-electron chi connectivity index (χ3n) is 5.97. The molecule has 0 bridgehead atoms. The highest BCUT2D eigenvalue weighted by atomic mass is 79.9. The fraction of sp³-hybridized carbons (Fsp3) is 0.462. The lowest BCUT2D eigenvalue weighted by atomic mass is 10.1. The summed E-state index contributed by atoms with van der Waals surface area (Å²) in [5, 5.41) is 2.95. The number of hydrogen-bond donors (Lipinski definition) is 1. The highest BCUT2D eigenvalue weighted by molar-refractivity contribution is 9.10. The second-order valence-electron chi connectivity index (χ2n) is 8.87. The number of nitrogens with zero attached hydrogens (tertiary/aromatic N) is 2. The second kappa shape index (κ2) is 13.1. The molecule has 0 aliphatic rings. The van der Waals surface area contributed by atoms with Crippen LogP contribution in [0.4, 0.5) is 5.69 Å². The Morgan fingerprint density at radius 1 is 1.06 bits per heavy atom. The lowest BCUT2D eigenvalue weighted by molar-refractivity contribution is -0.140. The maximum Gasteiger partial charge on any atom is 0.242 e. The summed E-state index contributed by atoms with van der Waals surface area (Å²) in [6.45, 7) is 7.96. The molecule has 0 aliphatic carbocycles. The summed E-state index contributed by atoms with van der Waals surface area (Å²) in [4.78, 5) is 27.7. The van der Waals surface area contributed by atoms with E-state index >= 15 is 0 Å². The first-order chi connectivity index (χ1) is 16.4. The fourth-order valence-electron chi connectivity index (χ4n) is 3.66. The molecule has 192 valence electrons. The van der Waals surface area contributed by atoms with Gasteiger partial charge in [-0.3, -0.25) is 13.9 Å². The van der Waals surface area contributed by atoms with Crippen molar-refractivity contribution >= 4 is 43.5 Å². The van der Waals surface area contributed by atoms with E-state index < -0.39 is 16.1 Å². The molecule has 2 aromatic carbocycles. The number of para-hydroxylation sites is 1. The largest absolute Gasteiger partial charge is 0.352 e. The number of nitrogens with one attached hydrogen (secondary N) is 1. The van der Waals surface area contributed by atoms with E-state index in [9.17, 15) is 18.0 Å². The molecule has 9 heteroatoms. The first-order valence-electron chi connectivity index (χ1n) is 11.8. The molecule has 0 saturated heterocycles. The molecule has 0 heterocycles. The molecule has 2 aromatic rings. The molecule has 2 amide bonds. The van der Waals surface area contributed by atoms with Gasteiger partial charge in [-0.05, 0) is 62.9 Å². The normalized spacial score (nSPS) is 13.1. The molecule has 0 spiro atoms. The summed E-state index contributed by atoms with van der Waals surface area (Å²) in [6.07, 6.45) is 2.41. The van der Waals surface area contributed by atoms with Gasteiger partial charge in [0, 0.05) is 30.0 Å². The molecule has 7 nitrogen and oxygen atoms in total. The van der Waals surface area contributed by atoms with Gasteiger partial charge in [-0.1, -0.05) is 53.2 Å². The maximum absolute atomic E-state index is 13.3. The van der Waals surface area contributed by atoms with Crippen LogP contribution in [0, 0.1) is 6.92 Å². The number of carbonyl (C=O) groups is 2. The van der Waals surface area contributed by atoms with Crippen molar-refractivity contribution < 1.29 is 18.0 Å². The Bertz CT molecular complexity index is 1110. The van der Waals surface area contributed by atoms with Crippen LogP contribution in [0.1, 0.15) is 51.2 Å². The third kappa shape index (κ3) is 8.65. The number of aryl methyl sites for hydroxylation is 1. The number of sulfonamides is 1. The second-order valence-corrected chi connectivity index (χ2v) is 11.7. The number of carbonyl (C=O) groups excluding carboxylic acids is 2. The van der Waals surface area contributed by atoms with Gasteiger partial charge in [-0.25, -0.2) is 8.42 Å². The molecule has 1 N–H and O–H groups in total. The van der Waals surface area contributed by atoms with E-state index in [1.54, 1.807) is 24.0 Å². The Kier molecular flexibility index (Phi) is 10.8. The topological polar surface area (TPSA) is 86.8 Å². The van der Waals surface area contributed by atoms with E-state index in [4.69, 9.17) is 0 Å². The monoisotopic (exact) mass is 565 g/mol. The molecular weight excluding hydrogens is 530 g/mol. The first-order valence-corrected chi connectivity index (χ1v) is 14.5. The van der Waals surface area contributed by atoms with Crippen LogP contribution in [0.15, 0.2) is 53.0 Å². The van der Waals surface area contributed by atoms with Crippen molar-refractivity contribution in [3.8, 4) is 0 Å². The van der Waals surface area contributed by atoms with Gasteiger partial charge in [0.1, 0.15) is 6.04 Å². The number of amides is 2. The summed E-state index contributed by atoms with van der Waals surface area (Å²) in [5.41, 5.74) is 2.36. The molecular formula is C26H36BrN3O4S. The summed E-state index contributed by atoms with van der Waals surface area (Å²) in [5.74, 6) is -0.402. The van der Waals surface area contributed by atoms with Gasteiger partial charge in [-0.15, -0.1) is 0 Å². The van der Waals surface area contributed by atoms with Crippen molar-refractivity contribution in [2.75, 3.05) is 17.1 Å². The number of anilines is 1. The zero-order valence-corrected chi connectivity index (χ0v) is 23.5. The number of hydrogen-bond acceptors (Lipinski definition) is 4. The minimum Gasteiger partial charge on any atom is -0.352 e. The number of rotatable bonds is 12. The molecule has 0 saturated carbocycles. The minimum atomic E-state index is -3.52. The van der Waals surface area contributed by atoms with Gasteiger partial charge >= 0.3 is 0 Å². The Hall–Kier alpha value is -2.39. The minimum absolute atomic E-state index is 0.00649. The van der Waals surface area contributed by atoms with E-state index in [0.717, 1.165) is 22.0 Å². The van der Waals surface area contributed by atoms with Gasteiger partial charge in [0.2, 0.25) is 21.8 Å². The van der Waals surface area contributed by atoms with Gasteiger partial charge in [-0.2, -0.15) is 0 Å². The number of halogens is 1. The highest BCUT2D eigenvalue weighted by Gasteiger charge is 2.27. The lowest BCUT2D eigenvalue weighted by Gasteiger charge is -2.30. The van der Waals surface area contributed by atoms with Gasteiger partial charge in [0.05, 0.1) is 11.9 Å². The highest BCUT2D eigenvalue weighted by Crippen LogP contribution is 2.23. The van der Waals surface area contributed by atoms with Crippen molar-refractivity contribution in [1.82, 2.24) is 10.2 Å². The molecule has 35 heavy (non-hydrogen) atoms. The van der Waals surface area contributed by atoms with Crippen LogP contribution in [0.25, 0.3) is 0 Å². The molecule has 2 rings (SSSR count). The van der Waals surface area contributed by atoms with Crippen LogP contribution in [-0.2, 0) is 26.2 Å². The zero-order chi connectivity index (χ0) is 26.2. The quantitative estimate of drug-likeness (QED) is 0.406. The van der Waals surface area contributed by atoms with E-state index in [2.05, 4.69) is 21.2 Å². The smallest absolute Gasteiger partial charge is 0.242 e. The molecule has 0 aromatic heterocycles. The summed E-state index contributed by atoms with van der Waals surface area (Å²) in [7, 11) is -3.52. The number of benzene rings is 2. The summed E-state index contributed by atoms with van der Waals surface area (Å²) < 4.78 is 27.2. The van der Waals surface area contributed by atoms with Crippen LogP contribution in [0.5, 0.6) is 0 Å². The molecule has 0 aliphatic heterocycles. The van der Waals surface area contributed by atoms with Crippen molar-refractivity contribution in [2.45, 2.75) is 65.6 Å². The Morgan fingerprint density at radius 3 is 2.26 bits per heavy atom. The average Bonchev–Trinajstić information content (AvgIpc) is 2.80. The lowest BCUT2D eigenvalue weighted by Crippen LogP contribution is -2.49. The van der Waals surface area contributed by atoms with Crippen molar-refractivity contribution in [1.29, 1.82) is 0 Å². The summed E-state index contributed by atoms with van der Waals surface area (Å²) >= 11 is 3.42. The predicted molar refractivity (Wildman–Crippen MR) is 145 cm³/mol. The van der Waals surface area contributed by atoms with Crippen molar-refractivity contribution in [3.63, 3.8) is 0 Å². The zero-order valence-electron chi connectivity index (χ0n) is 21.1. The average molecular weight is 567 g/mol. The Balaban J connectivity index is 2.17. The Labute approximate surface area is 218 Å². The van der Waals surface area contributed by atoms with Crippen LogP contribution in [0.3, 0.4) is 0 Å². The van der Waals surface area contributed by atoms with Gasteiger partial charge < -0.3 is 10.2 Å². The molecule has 2 atom stereocenters. The summed E-state index contributed by atoms with van der Waals surface area (Å²) in [6, 6.07) is 14.2. The SMILES string of the molecule is CC[C@@H](C)NC(=O)[C@H](C)N(Cc1ccc(Br)cc1)C(=O)CCCN(c1ccccc1C)S(C)(=O)=O. The first kappa shape index (κ1) is 28.8. The molecule has 0 radical (unpaired) electrons. The van der Waals surface area contributed by atoms with E-state index in [1.165, 1.54) is 10.6 Å². The molecule has 0 unspecified atom stereocenters. The molecule has 0 fully saturated rings. The predicted octanol–water partition coefficient (Wildman–Crippen LogP) is 4.64. The van der Waals surface area contributed by atoms with Crippen LogP contribution < -0.4 is 9.62 Å². The van der Waals surface area contributed by atoms with Gasteiger partial charge in [0.15, 0.2) is 0 Å². The third-order valence-corrected chi connectivity index (χ3v) is 7.68. The standard InChI is InChI=1S/C26H36BrN3O4S/c1-6-20(3)28-26(32)21(4)29(18-22-13-15-23(27)16-14-22)25(31)12-9-17-30(35(5,33)34)24-11-8-7-10-19(24)2/h7-8,10-11,13-16,20-21H,6,9,12,17-18H2,1-5H3,(H,28,32)/t20-,21+/m1/s1. The van der Waals surface area contributed by atoms with Crippen molar-refractivity contribution in [3.05, 3.63) is 64.1 Å². The van der Waals surface area contributed by atoms with Crippen molar-refractivity contribution in [2.24, 2.45) is 0 Å².